The second kappa shape index (κ2) is 11.2. The Morgan fingerprint density at radius 2 is 1.55 bits per heavy atom. The Hall–Kier alpha value is -2.83. The summed E-state index contributed by atoms with van der Waals surface area (Å²) >= 11 is 0. The summed E-state index contributed by atoms with van der Waals surface area (Å²) in [5.74, 6) is 7.38. The normalized spacial score (nSPS) is 10.7. The third-order valence-corrected chi connectivity index (χ3v) is 4.81. The van der Waals surface area contributed by atoms with Crippen LogP contribution in [0.2, 0.25) is 19.6 Å². The van der Waals surface area contributed by atoms with Gasteiger partial charge in [0.25, 0.3) is 0 Å². The number of esters is 2. The van der Waals surface area contributed by atoms with E-state index in [9.17, 15) is 14.4 Å². The number of hydrogen-bond donors (Lipinski definition) is 0. The van der Waals surface area contributed by atoms with Crippen LogP contribution < -0.4 is 0 Å². The maximum atomic E-state index is 12.8. The minimum absolute atomic E-state index is 0.0288. The zero-order valence-electron chi connectivity index (χ0n) is 17.8. The molecule has 0 unspecified atom stereocenters. The molecule has 29 heavy (non-hydrogen) atoms. The number of rotatable bonds is 7. The quantitative estimate of drug-likeness (QED) is 0.225. The molecule has 0 saturated carbocycles. The zero-order valence-corrected chi connectivity index (χ0v) is 18.8. The molecule has 0 aromatic heterocycles. The number of ether oxygens (including phenoxy) is 2. The molecule has 1 aromatic carbocycles. The minimum atomic E-state index is -1.70. The van der Waals surface area contributed by atoms with Crippen LogP contribution in [0.3, 0.4) is 0 Å². The molecular weight excluding hydrogens is 384 g/mol. The van der Waals surface area contributed by atoms with Gasteiger partial charge >= 0.3 is 11.9 Å². The highest BCUT2D eigenvalue weighted by atomic mass is 28.3. The van der Waals surface area contributed by atoms with Crippen molar-refractivity contribution in [2.45, 2.75) is 46.3 Å². The number of carbonyl (C=O) groups excluding carboxylic acids is 3. The van der Waals surface area contributed by atoms with E-state index >= 15 is 0 Å². The van der Waals surface area contributed by atoms with E-state index in [1.807, 2.05) is 0 Å². The number of benzene rings is 1. The maximum absolute atomic E-state index is 12.8. The van der Waals surface area contributed by atoms with E-state index in [2.05, 4.69) is 42.9 Å². The SMILES string of the molecule is CCOC(=O)C(CC#Cc1ccccc1C=O)(CC#C[Si](C)(C)C)C(=O)OCC. The molecule has 6 heteroatoms. The number of hydrogen-bond acceptors (Lipinski definition) is 5. The number of carbonyl (C=O) groups is 3. The van der Waals surface area contributed by atoms with Gasteiger partial charge in [0.1, 0.15) is 8.07 Å². The molecule has 0 aliphatic carbocycles. The van der Waals surface area contributed by atoms with Gasteiger partial charge in [-0.3, -0.25) is 14.4 Å². The van der Waals surface area contributed by atoms with Crippen molar-refractivity contribution in [1.82, 2.24) is 0 Å². The van der Waals surface area contributed by atoms with Gasteiger partial charge < -0.3 is 9.47 Å². The lowest BCUT2D eigenvalue weighted by atomic mass is 9.81. The third-order valence-electron chi connectivity index (χ3n) is 3.89. The Labute approximate surface area is 174 Å². The minimum Gasteiger partial charge on any atom is -0.465 e. The van der Waals surface area contributed by atoms with Gasteiger partial charge in [-0.25, -0.2) is 0 Å². The van der Waals surface area contributed by atoms with Crippen LogP contribution in [-0.4, -0.2) is 39.5 Å². The summed E-state index contributed by atoms with van der Waals surface area (Å²) in [5, 5.41) is 0. The van der Waals surface area contributed by atoms with Crippen molar-refractivity contribution < 1.29 is 23.9 Å². The summed E-state index contributed by atoms with van der Waals surface area (Å²) in [6, 6.07) is 6.86. The standard InChI is InChI=1S/C23H28O5Si/c1-6-27-21(25)23(22(26)28-7-2,16-11-17-29(3,4)5)15-10-14-19-12-8-9-13-20(19)18-24/h8-9,12-13,18H,6-7,15-16H2,1-5H3. The lowest BCUT2D eigenvalue weighted by Gasteiger charge is -2.25. The molecule has 1 aromatic rings. The lowest BCUT2D eigenvalue weighted by Crippen LogP contribution is -2.42. The van der Waals surface area contributed by atoms with Crippen molar-refractivity contribution >= 4 is 26.3 Å². The largest absolute Gasteiger partial charge is 0.465 e. The van der Waals surface area contributed by atoms with Crippen LogP contribution in [0.5, 0.6) is 0 Å². The lowest BCUT2D eigenvalue weighted by molar-refractivity contribution is -0.171. The fraction of sp³-hybridized carbons (Fsp3) is 0.435. The van der Waals surface area contributed by atoms with Crippen molar-refractivity contribution in [1.29, 1.82) is 0 Å². The number of aldehydes is 1. The highest BCUT2D eigenvalue weighted by Gasteiger charge is 2.48. The van der Waals surface area contributed by atoms with Crippen molar-refractivity contribution in [3.8, 4) is 23.3 Å². The molecule has 154 valence electrons. The molecule has 0 N–H and O–H groups in total. The van der Waals surface area contributed by atoms with E-state index in [0.29, 0.717) is 17.4 Å². The fourth-order valence-corrected chi connectivity index (χ4v) is 3.06. The highest BCUT2D eigenvalue weighted by molar-refractivity contribution is 6.83. The summed E-state index contributed by atoms with van der Waals surface area (Å²) in [7, 11) is -1.70. The molecule has 0 atom stereocenters. The molecule has 0 aliphatic rings. The van der Waals surface area contributed by atoms with Gasteiger partial charge in [0.15, 0.2) is 11.7 Å². The van der Waals surface area contributed by atoms with E-state index in [1.165, 1.54) is 0 Å². The Morgan fingerprint density at radius 1 is 1.00 bits per heavy atom. The Bertz CT molecular complexity index is 841. The molecule has 0 bridgehead atoms. The summed E-state index contributed by atoms with van der Waals surface area (Å²) < 4.78 is 10.4. The highest BCUT2D eigenvalue weighted by Crippen LogP contribution is 2.30. The molecular formula is C23H28O5Si. The molecule has 0 aliphatic heterocycles. The predicted molar refractivity (Wildman–Crippen MR) is 115 cm³/mol. The van der Waals surface area contributed by atoms with Gasteiger partial charge in [-0.05, 0) is 19.9 Å². The average molecular weight is 413 g/mol. The molecule has 0 amide bonds. The zero-order chi connectivity index (χ0) is 21.9. The first-order valence-corrected chi connectivity index (χ1v) is 13.1. The Kier molecular flexibility index (Phi) is 9.38. The van der Waals surface area contributed by atoms with E-state index in [0.717, 1.165) is 0 Å². The van der Waals surface area contributed by atoms with Crippen LogP contribution >= 0.6 is 0 Å². The Morgan fingerprint density at radius 3 is 2.07 bits per heavy atom. The van der Waals surface area contributed by atoms with E-state index in [4.69, 9.17) is 9.47 Å². The van der Waals surface area contributed by atoms with E-state index < -0.39 is 25.4 Å². The summed E-state index contributed by atoms with van der Waals surface area (Å²) in [4.78, 5) is 36.8. The summed E-state index contributed by atoms with van der Waals surface area (Å²) in [5.41, 5.74) is 2.52. The molecule has 0 radical (unpaired) electrons. The maximum Gasteiger partial charge on any atom is 0.325 e. The predicted octanol–water partition coefficient (Wildman–Crippen LogP) is 3.62. The van der Waals surface area contributed by atoms with Crippen LogP contribution in [0.4, 0.5) is 0 Å². The molecule has 0 fully saturated rings. The van der Waals surface area contributed by atoms with Gasteiger partial charge in [-0.15, -0.1) is 11.5 Å². The van der Waals surface area contributed by atoms with E-state index in [1.54, 1.807) is 38.1 Å². The smallest absolute Gasteiger partial charge is 0.325 e. The monoisotopic (exact) mass is 412 g/mol. The van der Waals surface area contributed by atoms with Gasteiger partial charge in [-0.2, -0.15) is 0 Å². The van der Waals surface area contributed by atoms with Crippen molar-refractivity contribution in [3.63, 3.8) is 0 Å². The van der Waals surface area contributed by atoms with Crippen molar-refractivity contribution in [2.75, 3.05) is 13.2 Å². The summed E-state index contributed by atoms with van der Waals surface area (Å²) in [6.07, 6.45) is 0.574. The van der Waals surface area contributed by atoms with Crippen LogP contribution in [0.25, 0.3) is 0 Å². The molecule has 0 saturated heterocycles. The first kappa shape index (κ1) is 24.2. The first-order chi connectivity index (χ1) is 13.7. The molecule has 1 rings (SSSR count). The van der Waals surface area contributed by atoms with Gasteiger partial charge in [0, 0.05) is 24.0 Å². The third kappa shape index (κ3) is 7.25. The van der Waals surface area contributed by atoms with Crippen LogP contribution in [-0.2, 0) is 19.1 Å². The van der Waals surface area contributed by atoms with Crippen LogP contribution in [0.1, 0.15) is 42.6 Å². The molecule has 0 spiro atoms. The second-order valence-electron chi connectivity index (χ2n) is 7.44. The van der Waals surface area contributed by atoms with Gasteiger partial charge in [-0.1, -0.05) is 49.7 Å². The first-order valence-electron chi connectivity index (χ1n) is 9.57. The summed E-state index contributed by atoms with van der Waals surface area (Å²) in [6.45, 7) is 9.83. The van der Waals surface area contributed by atoms with Crippen molar-refractivity contribution in [3.05, 3.63) is 35.4 Å². The fourth-order valence-electron chi connectivity index (χ4n) is 2.44. The second-order valence-corrected chi connectivity index (χ2v) is 12.2. The average Bonchev–Trinajstić information content (AvgIpc) is 2.66. The topological polar surface area (TPSA) is 69.7 Å². The van der Waals surface area contributed by atoms with Gasteiger partial charge in [0.05, 0.1) is 13.2 Å². The molecule has 0 heterocycles. The van der Waals surface area contributed by atoms with Crippen molar-refractivity contribution in [2.24, 2.45) is 5.41 Å². The van der Waals surface area contributed by atoms with Crippen LogP contribution in [0, 0.1) is 28.7 Å². The Balaban J connectivity index is 3.37. The van der Waals surface area contributed by atoms with Gasteiger partial charge in [0.2, 0.25) is 0 Å². The van der Waals surface area contributed by atoms with Crippen LogP contribution in [0.15, 0.2) is 24.3 Å². The molecule has 5 nitrogen and oxygen atoms in total. The van der Waals surface area contributed by atoms with E-state index in [-0.39, 0.29) is 26.1 Å².